The Kier molecular flexibility index (Phi) is 8.80. The van der Waals surface area contributed by atoms with E-state index in [1.54, 1.807) is 0 Å². The highest BCUT2D eigenvalue weighted by Crippen LogP contribution is 2.27. The van der Waals surface area contributed by atoms with E-state index in [0.717, 1.165) is 5.69 Å². The molecule has 7 nitrogen and oxygen atoms in total. The summed E-state index contributed by atoms with van der Waals surface area (Å²) in [5.41, 5.74) is 1.07. The van der Waals surface area contributed by atoms with Gasteiger partial charge < -0.3 is 14.7 Å². The summed E-state index contributed by atoms with van der Waals surface area (Å²) in [5.74, 6) is -12.5. The molecule has 1 atom stereocenters. The molecule has 0 radical (unpaired) electrons. The summed E-state index contributed by atoms with van der Waals surface area (Å²) < 4.78 is 58.7. The molecule has 35 heavy (non-hydrogen) atoms. The fourth-order valence-electron chi connectivity index (χ4n) is 3.84. The number of benzene rings is 2. The first-order chi connectivity index (χ1) is 16.7. The molecule has 1 heterocycles. The molecule has 0 spiro atoms. The zero-order valence-corrected chi connectivity index (χ0v) is 18.7. The van der Waals surface area contributed by atoms with Crippen molar-refractivity contribution in [3.05, 3.63) is 59.7 Å². The number of rotatable bonds is 11. The summed E-state index contributed by atoms with van der Waals surface area (Å²) in [6.07, 6.45) is -1.13. The van der Waals surface area contributed by atoms with Gasteiger partial charge in [-0.05, 0) is 12.1 Å². The number of ketones is 2. The summed E-state index contributed by atoms with van der Waals surface area (Å²) in [4.78, 5) is 40.3. The molecule has 11 heteroatoms. The van der Waals surface area contributed by atoms with Gasteiger partial charge in [0.1, 0.15) is 12.4 Å². The fraction of sp³-hybridized carbons (Fsp3) is 0.375. The van der Waals surface area contributed by atoms with Gasteiger partial charge in [-0.15, -0.1) is 0 Å². The quantitative estimate of drug-likeness (QED) is 0.378. The Labute approximate surface area is 198 Å². The third-order valence-electron chi connectivity index (χ3n) is 5.67. The van der Waals surface area contributed by atoms with Gasteiger partial charge in [0.05, 0.1) is 13.0 Å². The third kappa shape index (κ3) is 7.01. The van der Waals surface area contributed by atoms with E-state index in [1.807, 2.05) is 35.2 Å². The molecular formula is C24H24F4N2O5. The van der Waals surface area contributed by atoms with Gasteiger partial charge in [0.2, 0.25) is 11.6 Å². The Bertz CT molecular complexity index is 1050. The Balaban J connectivity index is 1.55. The van der Waals surface area contributed by atoms with Crippen molar-refractivity contribution in [1.29, 1.82) is 0 Å². The third-order valence-corrected chi connectivity index (χ3v) is 5.67. The van der Waals surface area contributed by atoms with E-state index in [4.69, 9.17) is 5.11 Å². The van der Waals surface area contributed by atoms with Crippen LogP contribution in [-0.2, 0) is 14.4 Å². The van der Waals surface area contributed by atoms with Crippen LogP contribution in [0.25, 0.3) is 0 Å². The van der Waals surface area contributed by atoms with Gasteiger partial charge >= 0.3 is 5.97 Å². The number of aliphatic carboxylic acids is 1. The van der Waals surface area contributed by atoms with Crippen molar-refractivity contribution in [2.45, 2.75) is 12.8 Å². The van der Waals surface area contributed by atoms with Crippen LogP contribution in [0.4, 0.5) is 23.2 Å². The monoisotopic (exact) mass is 496 g/mol. The average molecular weight is 496 g/mol. The molecule has 1 aliphatic heterocycles. The summed E-state index contributed by atoms with van der Waals surface area (Å²) in [7, 11) is 0. The van der Waals surface area contributed by atoms with Gasteiger partial charge in [0, 0.05) is 50.3 Å². The normalized spacial score (nSPS) is 15.0. The lowest BCUT2D eigenvalue weighted by atomic mass is 9.94. The maximum atomic E-state index is 13.7. The Morgan fingerprint density at radius 3 is 2.09 bits per heavy atom. The first kappa shape index (κ1) is 26.1. The van der Waals surface area contributed by atoms with E-state index in [1.165, 1.54) is 0 Å². The maximum absolute atomic E-state index is 13.7. The van der Waals surface area contributed by atoms with Gasteiger partial charge in [-0.1, -0.05) is 18.2 Å². The van der Waals surface area contributed by atoms with E-state index < -0.39 is 66.1 Å². The number of hydrogen-bond acceptors (Lipinski definition) is 6. The molecule has 1 fully saturated rings. The van der Waals surface area contributed by atoms with Gasteiger partial charge in [0.15, 0.2) is 23.2 Å². The first-order valence-electron chi connectivity index (χ1n) is 10.9. The van der Waals surface area contributed by atoms with Gasteiger partial charge in [-0.3, -0.25) is 19.3 Å². The second kappa shape index (κ2) is 11.8. The zero-order valence-electron chi connectivity index (χ0n) is 18.7. The van der Waals surface area contributed by atoms with E-state index in [2.05, 4.69) is 9.64 Å². The SMILES string of the molecule is O=C(O)C[C@H](CC(=O)CN1CCN(c2ccccc2)CC1)C(=O)COc1c(F)c(F)cc(F)c1F. The standard InChI is InChI=1S/C24H24F4N2O5/c25-18-12-19(26)23(28)24(22(18)27)35-14-20(32)15(11-21(33)34)10-17(31)13-29-6-8-30(9-7-29)16-4-2-1-3-5-16/h1-5,12,15H,6-11,13-14H2,(H,33,34)/t15-/m0/s1. The van der Waals surface area contributed by atoms with Crippen LogP contribution in [0.3, 0.4) is 0 Å². The molecule has 3 rings (SSSR count). The molecule has 0 aromatic heterocycles. The molecule has 1 N–H and O–H groups in total. The van der Waals surface area contributed by atoms with Gasteiger partial charge in [-0.2, -0.15) is 8.78 Å². The minimum Gasteiger partial charge on any atom is -0.481 e. The van der Waals surface area contributed by atoms with Crippen LogP contribution in [0.15, 0.2) is 36.4 Å². The van der Waals surface area contributed by atoms with Crippen molar-refractivity contribution in [2.75, 3.05) is 44.2 Å². The summed E-state index contributed by atoms with van der Waals surface area (Å²) >= 11 is 0. The number of carbonyl (C=O) groups excluding carboxylic acids is 2. The topological polar surface area (TPSA) is 87.2 Å². The van der Waals surface area contributed by atoms with Crippen molar-refractivity contribution >= 4 is 23.2 Å². The number of carbonyl (C=O) groups is 3. The number of carboxylic acid groups (broad SMARTS) is 1. The fourth-order valence-corrected chi connectivity index (χ4v) is 3.84. The van der Waals surface area contributed by atoms with Crippen LogP contribution < -0.4 is 9.64 Å². The second-order valence-corrected chi connectivity index (χ2v) is 8.19. The lowest BCUT2D eigenvalue weighted by Crippen LogP contribution is -2.48. The molecule has 1 aliphatic rings. The number of halogens is 4. The van der Waals surface area contributed by atoms with Gasteiger partial charge in [0.25, 0.3) is 0 Å². The largest absolute Gasteiger partial charge is 0.481 e. The number of anilines is 1. The second-order valence-electron chi connectivity index (χ2n) is 8.19. The number of hydrogen-bond donors (Lipinski definition) is 1. The minimum absolute atomic E-state index is 0.00521. The van der Waals surface area contributed by atoms with Crippen molar-refractivity contribution in [3.63, 3.8) is 0 Å². The molecule has 0 aliphatic carbocycles. The number of nitrogens with zero attached hydrogens (tertiary/aromatic N) is 2. The molecule has 1 saturated heterocycles. The average Bonchev–Trinajstić information content (AvgIpc) is 2.83. The van der Waals surface area contributed by atoms with Crippen molar-refractivity contribution < 1.29 is 41.8 Å². The van der Waals surface area contributed by atoms with Crippen molar-refractivity contribution in [1.82, 2.24) is 4.90 Å². The lowest BCUT2D eigenvalue weighted by Gasteiger charge is -2.35. The Hall–Kier alpha value is -3.47. The predicted molar refractivity (Wildman–Crippen MR) is 117 cm³/mol. The summed E-state index contributed by atoms with van der Waals surface area (Å²) in [6.45, 7) is 1.49. The van der Waals surface area contributed by atoms with Crippen LogP contribution >= 0.6 is 0 Å². The van der Waals surface area contributed by atoms with Crippen LogP contribution in [-0.4, -0.2) is 66.9 Å². The van der Waals surface area contributed by atoms with Crippen LogP contribution in [0.2, 0.25) is 0 Å². The minimum atomic E-state index is -1.82. The molecule has 0 amide bonds. The van der Waals surface area contributed by atoms with Gasteiger partial charge in [-0.25, -0.2) is 8.78 Å². The Morgan fingerprint density at radius 1 is 0.914 bits per heavy atom. The Morgan fingerprint density at radius 2 is 1.51 bits per heavy atom. The molecular weight excluding hydrogens is 472 g/mol. The number of carboxylic acids is 1. The predicted octanol–water partition coefficient (Wildman–Crippen LogP) is 3.06. The highest BCUT2D eigenvalue weighted by molar-refractivity contribution is 5.91. The van der Waals surface area contributed by atoms with E-state index in [0.29, 0.717) is 26.2 Å². The van der Waals surface area contributed by atoms with E-state index in [9.17, 15) is 31.9 Å². The molecule has 2 aromatic rings. The zero-order chi connectivity index (χ0) is 25.5. The van der Waals surface area contributed by atoms with Crippen molar-refractivity contribution in [2.24, 2.45) is 5.92 Å². The lowest BCUT2D eigenvalue weighted by molar-refractivity contribution is -0.141. The summed E-state index contributed by atoms with van der Waals surface area (Å²) in [6, 6.07) is 9.75. The highest BCUT2D eigenvalue weighted by Gasteiger charge is 2.28. The van der Waals surface area contributed by atoms with E-state index in [-0.39, 0.29) is 18.4 Å². The van der Waals surface area contributed by atoms with Crippen LogP contribution in [0.5, 0.6) is 5.75 Å². The van der Waals surface area contributed by atoms with E-state index >= 15 is 0 Å². The van der Waals surface area contributed by atoms with Crippen molar-refractivity contribution in [3.8, 4) is 5.75 Å². The number of Topliss-reactive ketones (excluding diaryl/α,β-unsaturated/α-hetero) is 2. The molecule has 0 saturated carbocycles. The highest BCUT2D eigenvalue weighted by atomic mass is 19.2. The molecule has 2 aromatic carbocycles. The number of para-hydroxylation sites is 1. The molecule has 0 bridgehead atoms. The van der Waals surface area contributed by atoms with Crippen LogP contribution in [0.1, 0.15) is 12.8 Å². The first-order valence-corrected chi connectivity index (χ1v) is 10.9. The number of ether oxygens (including phenoxy) is 1. The molecule has 188 valence electrons. The number of piperazine rings is 1. The smallest absolute Gasteiger partial charge is 0.304 e. The molecule has 0 unspecified atom stereocenters. The van der Waals surface area contributed by atoms with Crippen LogP contribution in [0, 0.1) is 29.2 Å². The maximum Gasteiger partial charge on any atom is 0.304 e. The summed E-state index contributed by atoms with van der Waals surface area (Å²) in [5, 5.41) is 9.11.